The van der Waals surface area contributed by atoms with Gasteiger partial charge in [-0.25, -0.2) is 0 Å². The quantitative estimate of drug-likeness (QED) is 0.688. The lowest BCUT2D eigenvalue weighted by Gasteiger charge is -1.96. The molecule has 0 atom stereocenters. The Bertz CT molecular complexity index is 246. The van der Waals surface area contributed by atoms with Gasteiger partial charge in [-0.2, -0.15) is 0 Å². The minimum absolute atomic E-state index is 0.919. The Hall–Kier alpha value is -0.560. The predicted molar refractivity (Wildman–Crippen MR) is 58.6 cm³/mol. The Labute approximate surface area is 82.4 Å². The summed E-state index contributed by atoms with van der Waals surface area (Å²) >= 11 is 3.35. The normalized spacial score (nSPS) is 10.8. The van der Waals surface area contributed by atoms with E-state index in [1.165, 1.54) is 11.1 Å². The summed E-state index contributed by atoms with van der Waals surface area (Å²) in [4.78, 5) is 0. The van der Waals surface area contributed by atoms with Crippen LogP contribution in [-0.2, 0) is 6.42 Å². The minimum Gasteiger partial charge on any atom is -0.0883 e. The topological polar surface area (TPSA) is 0 Å². The maximum absolute atomic E-state index is 3.35. The first-order valence-corrected chi connectivity index (χ1v) is 5.30. The maximum atomic E-state index is 3.35. The largest absolute Gasteiger partial charge is 0.0883 e. The van der Waals surface area contributed by atoms with Crippen molar-refractivity contribution in [1.82, 2.24) is 0 Å². The van der Waals surface area contributed by atoms with Crippen LogP contribution in [0.1, 0.15) is 18.1 Å². The molecule has 1 rings (SSSR count). The van der Waals surface area contributed by atoms with E-state index in [0.29, 0.717) is 0 Å². The molecule has 0 aliphatic rings. The van der Waals surface area contributed by atoms with Crippen molar-refractivity contribution < 1.29 is 0 Å². The second-order valence-corrected chi connectivity index (χ2v) is 3.30. The van der Waals surface area contributed by atoms with Crippen molar-refractivity contribution in [1.29, 1.82) is 0 Å². The smallest absolute Gasteiger partial charge is 0.0215 e. The number of hydrogen-bond donors (Lipinski definition) is 0. The van der Waals surface area contributed by atoms with Crippen LogP contribution in [0.3, 0.4) is 0 Å². The number of halogens is 1. The van der Waals surface area contributed by atoms with Crippen molar-refractivity contribution in [3.63, 3.8) is 0 Å². The average molecular weight is 225 g/mol. The van der Waals surface area contributed by atoms with Gasteiger partial charge in [0.05, 0.1) is 0 Å². The van der Waals surface area contributed by atoms with Gasteiger partial charge in [0.15, 0.2) is 0 Å². The third-order valence-corrected chi connectivity index (χ3v) is 2.16. The maximum Gasteiger partial charge on any atom is 0.0215 e. The van der Waals surface area contributed by atoms with Crippen molar-refractivity contribution in [2.45, 2.75) is 13.3 Å². The van der Waals surface area contributed by atoms with Gasteiger partial charge in [-0.1, -0.05) is 59.3 Å². The lowest BCUT2D eigenvalue weighted by Crippen LogP contribution is -1.78. The molecular weight excluding hydrogens is 212 g/mol. The molecule has 0 saturated heterocycles. The predicted octanol–water partition coefficient (Wildman–Crippen LogP) is 3.66. The van der Waals surface area contributed by atoms with Gasteiger partial charge in [-0.3, -0.25) is 0 Å². The molecule has 1 aromatic carbocycles. The van der Waals surface area contributed by atoms with Gasteiger partial charge in [-0.05, 0) is 17.5 Å². The van der Waals surface area contributed by atoms with Crippen LogP contribution in [0.2, 0.25) is 0 Å². The number of rotatable bonds is 3. The molecule has 0 spiro atoms. The molecule has 0 aliphatic carbocycles. The lowest BCUT2D eigenvalue weighted by molar-refractivity contribution is 1.14. The van der Waals surface area contributed by atoms with Crippen LogP contribution in [0, 0.1) is 0 Å². The number of hydrogen-bond acceptors (Lipinski definition) is 0. The van der Waals surface area contributed by atoms with E-state index >= 15 is 0 Å². The van der Waals surface area contributed by atoms with Crippen molar-refractivity contribution in [3.8, 4) is 0 Å². The van der Waals surface area contributed by atoms with E-state index in [-0.39, 0.29) is 0 Å². The van der Waals surface area contributed by atoms with Crippen LogP contribution in [0.4, 0.5) is 0 Å². The summed E-state index contributed by atoms with van der Waals surface area (Å²) in [5.41, 5.74) is 2.66. The molecule has 1 heteroatoms. The fourth-order valence-corrected chi connectivity index (χ4v) is 1.23. The monoisotopic (exact) mass is 224 g/mol. The van der Waals surface area contributed by atoms with Crippen molar-refractivity contribution in [2.24, 2.45) is 0 Å². The first-order chi connectivity index (χ1) is 5.86. The van der Waals surface area contributed by atoms with Gasteiger partial charge in [0.2, 0.25) is 0 Å². The fraction of sp³-hybridized carbons (Fsp3) is 0.273. The molecule has 0 unspecified atom stereocenters. The molecule has 0 amide bonds. The van der Waals surface area contributed by atoms with E-state index in [2.05, 4.69) is 59.3 Å². The van der Waals surface area contributed by atoms with E-state index < -0.39 is 0 Å². The molecule has 1 aromatic rings. The Morgan fingerprint density at radius 1 is 1.25 bits per heavy atom. The highest BCUT2D eigenvalue weighted by Crippen LogP contribution is 2.06. The van der Waals surface area contributed by atoms with Crippen molar-refractivity contribution in [2.75, 3.05) is 5.33 Å². The van der Waals surface area contributed by atoms with Gasteiger partial charge in [0, 0.05) is 5.33 Å². The van der Waals surface area contributed by atoms with Crippen LogP contribution in [-0.4, -0.2) is 5.33 Å². The van der Waals surface area contributed by atoms with Gasteiger partial charge >= 0.3 is 0 Å². The number of allylic oxidation sites excluding steroid dienone is 1. The summed E-state index contributed by atoms with van der Waals surface area (Å²) < 4.78 is 0. The van der Waals surface area contributed by atoms with Gasteiger partial charge in [-0.15, -0.1) is 0 Å². The van der Waals surface area contributed by atoms with E-state index in [1.807, 2.05) is 0 Å². The molecule has 0 N–H and O–H groups in total. The van der Waals surface area contributed by atoms with Crippen LogP contribution in [0.5, 0.6) is 0 Å². The molecule has 64 valence electrons. The van der Waals surface area contributed by atoms with Crippen molar-refractivity contribution >= 4 is 22.0 Å². The van der Waals surface area contributed by atoms with E-state index in [9.17, 15) is 0 Å². The Morgan fingerprint density at radius 2 is 1.92 bits per heavy atom. The summed E-state index contributed by atoms with van der Waals surface area (Å²) in [5.74, 6) is 0. The van der Waals surface area contributed by atoms with E-state index in [4.69, 9.17) is 0 Å². The highest BCUT2D eigenvalue weighted by Gasteiger charge is 1.87. The molecule has 0 aliphatic heterocycles. The van der Waals surface area contributed by atoms with Gasteiger partial charge in [0.25, 0.3) is 0 Å². The zero-order chi connectivity index (χ0) is 8.81. The van der Waals surface area contributed by atoms with Crippen molar-refractivity contribution in [3.05, 3.63) is 41.5 Å². The zero-order valence-corrected chi connectivity index (χ0v) is 8.84. The van der Waals surface area contributed by atoms with Crippen LogP contribution >= 0.6 is 15.9 Å². The summed E-state index contributed by atoms with van der Waals surface area (Å²) in [7, 11) is 0. The van der Waals surface area contributed by atoms with E-state index in [1.54, 1.807) is 0 Å². The molecule has 0 heterocycles. The summed E-state index contributed by atoms with van der Waals surface area (Å²) in [6.45, 7) is 2.17. The second kappa shape index (κ2) is 5.15. The Kier molecular flexibility index (Phi) is 4.09. The minimum atomic E-state index is 0.919. The third-order valence-electron chi connectivity index (χ3n) is 1.79. The number of benzene rings is 1. The van der Waals surface area contributed by atoms with E-state index in [0.717, 1.165) is 11.8 Å². The number of alkyl halides is 1. The molecule has 0 nitrogen and oxygen atoms in total. The van der Waals surface area contributed by atoms with Crippen LogP contribution in [0.15, 0.2) is 30.3 Å². The Morgan fingerprint density at radius 3 is 2.42 bits per heavy atom. The van der Waals surface area contributed by atoms with Crippen LogP contribution in [0.25, 0.3) is 6.08 Å². The molecular formula is C11H13Br. The molecule has 0 fully saturated rings. The third kappa shape index (κ3) is 2.82. The van der Waals surface area contributed by atoms with Crippen LogP contribution < -0.4 is 0 Å². The first kappa shape index (κ1) is 9.53. The summed E-state index contributed by atoms with van der Waals surface area (Å²) in [5, 5.41) is 0.919. The molecule has 12 heavy (non-hydrogen) atoms. The SMILES string of the molecule is CCc1ccc(C=CCBr)cc1. The highest BCUT2D eigenvalue weighted by molar-refractivity contribution is 9.09. The van der Waals surface area contributed by atoms with Gasteiger partial charge in [0.1, 0.15) is 0 Å². The standard InChI is InChI=1S/C11H13Br/c1-2-10-5-7-11(8-6-10)4-3-9-12/h3-8H,2,9H2,1H3. The highest BCUT2D eigenvalue weighted by atomic mass is 79.9. The number of aryl methyl sites for hydroxylation is 1. The first-order valence-electron chi connectivity index (χ1n) is 4.18. The summed E-state index contributed by atoms with van der Waals surface area (Å²) in [6.07, 6.45) is 5.33. The lowest BCUT2D eigenvalue weighted by atomic mass is 10.1. The van der Waals surface area contributed by atoms with Gasteiger partial charge < -0.3 is 0 Å². The molecule has 0 bridgehead atoms. The molecule has 0 radical (unpaired) electrons. The molecule has 0 aromatic heterocycles. The fourth-order valence-electron chi connectivity index (χ4n) is 1.05. The zero-order valence-electron chi connectivity index (χ0n) is 7.26. The second-order valence-electron chi connectivity index (χ2n) is 2.65. The average Bonchev–Trinajstić information content (AvgIpc) is 2.15. The molecule has 0 saturated carbocycles. The Balaban J connectivity index is 2.71. The summed E-state index contributed by atoms with van der Waals surface area (Å²) in [6, 6.07) is 8.65.